The van der Waals surface area contributed by atoms with Crippen LogP contribution in [-0.4, -0.2) is 97.4 Å². The Morgan fingerprint density at radius 2 is 1.91 bits per heavy atom. The lowest BCUT2D eigenvalue weighted by atomic mass is 9.77. The molecule has 0 radical (unpaired) electrons. The monoisotopic (exact) mass is 463 g/mol. The first-order valence-corrected chi connectivity index (χ1v) is 12.9. The van der Waals surface area contributed by atoms with Gasteiger partial charge >= 0.3 is 0 Å². The molecule has 174 valence electrons. The molecule has 0 bridgehead atoms. The number of likely N-dealkylation sites (tertiary alicyclic amines) is 1. The van der Waals surface area contributed by atoms with Crippen molar-refractivity contribution in [3.8, 4) is 0 Å². The van der Waals surface area contributed by atoms with Crippen molar-refractivity contribution in [1.82, 2.24) is 24.2 Å². The highest BCUT2D eigenvalue weighted by atomic mass is 32.2. The second-order valence-electron chi connectivity index (χ2n) is 9.68. The first-order chi connectivity index (χ1) is 15.1. The first kappa shape index (κ1) is 21.7. The number of nitrogens with zero attached hydrogens (tertiary/aromatic N) is 6. The lowest BCUT2D eigenvalue weighted by Crippen LogP contribution is -2.61. The normalized spacial score (nSPS) is 24.9. The van der Waals surface area contributed by atoms with E-state index in [0.29, 0.717) is 51.5 Å². The number of rotatable bonds is 4. The summed E-state index contributed by atoms with van der Waals surface area (Å²) in [5, 5.41) is 4.28. The van der Waals surface area contributed by atoms with Gasteiger partial charge in [-0.15, -0.1) is 0 Å². The molecule has 0 saturated carbocycles. The number of nitrogens with one attached hydrogen (secondary N) is 1. The van der Waals surface area contributed by atoms with Crippen molar-refractivity contribution < 1.29 is 12.8 Å². The largest absolute Gasteiger partial charge is 0.353 e. The van der Waals surface area contributed by atoms with E-state index in [1.807, 2.05) is 20.0 Å². The van der Waals surface area contributed by atoms with Gasteiger partial charge in [-0.1, -0.05) is 0 Å². The highest BCUT2D eigenvalue weighted by molar-refractivity contribution is 7.88. The maximum atomic E-state index is 14.6. The summed E-state index contributed by atoms with van der Waals surface area (Å²) in [4.78, 5) is 18.2. The van der Waals surface area contributed by atoms with Crippen LogP contribution >= 0.6 is 0 Å². The van der Waals surface area contributed by atoms with Gasteiger partial charge in [0, 0.05) is 62.6 Å². The number of pyridine rings is 1. The molecule has 1 N–H and O–H groups in total. The molecule has 0 aromatic carbocycles. The van der Waals surface area contributed by atoms with Gasteiger partial charge in [-0.2, -0.15) is 0 Å². The molecule has 1 atom stereocenters. The van der Waals surface area contributed by atoms with E-state index in [1.54, 1.807) is 6.20 Å². The van der Waals surface area contributed by atoms with E-state index in [1.165, 1.54) is 10.6 Å². The van der Waals surface area contributed by atoms with Gasteiger partial charge in [0.25, 0.3) is 0 Å². The maximum Gasteiger partial charge on any atom is 0.223 e. The number of aryl methyl sites for hydroxylation is 1. The fraction of sp³-hybridized carbons (Fsp3) is 0.667. The summed E-state index contributed by atoms with van der Waals surface area (Å²) >= 11 is 0. The van der Waals surface area contributed by atoms with Crippen LogP contribution in [0, 0.1) is 12.3 Å². The Hall–Kier alpha value is -2.11. The average Bonchev–Trinajstić information content (AvgIpc) is 3.00. The van der Waals surface area contributed by atoms with Gasteiger partial charge in [0.2, 0.25) is 16.0 Å². The van der Waals surface area contributed by atoms with Gasteiger partial charge < -0.3 is 15.1 Å². The number of alkyl halides is 1. The molecular formula is C21H30FN7O2S. The van der Waals surface area contributed by atoms with E-state index in [4.69, 9.17) is 9.97 Å². The summed E-state index contributed by atoms with van der Waals surface area (Å²) < 4.78 is 39.6. The van der Waals surface area contributed by atoms with Gasteiger partial charge in [-0.25, -0.2) is 32.1 Å². The van der Waals surface area contributed by atoms with Crippen LogP contribution in [0.5, 0.6) is 0 Å². The Morgan fingerprint density at radius 3 is 2.53 bits per heavy atom. The van der Waals surface area contributed by atoms with E-state index < -0.39 is 16.2 Å². The number of anilines is 2. The smallest absolute Gasteiger partial charge is 0.223 e. The average molecular weight is 464 g/mol. The summed E-state index contributed by atoms with van der Waals surface area (Å²) in [7, 11) is -1.18. The Morgan fingerprint density at radius 1 is 1.19 bits per heavy atom. The van der Waals surface area contributed by atoms with E-state index in [-0.39, 0.29) is 11.5 Å². The van der Waals surface area contributed by atoms with E-state index in [2.05, 4.69) is 20.1 Å². The molecule has 3 aliphatic rings. The summed E-state index contributed by atoms with van der Waals surface area (Å²) in [6.45, 7) is 5.46. The van der Waals surface area contributed by atoms with E-state index in [0.717, 1.165) is 29.0 Å². The molecule has 32 heavy (non-hydrogen) atoms. The van der Waals surface area contributed by atoms with Crippen molar-refractivity contribution in [2.75, 3.05) is 62.8 Å². The van der Waals surface area contributed by atoms with Crippen molar-refractivity contribution in [2.45, 2.75) is 32.0 Å². The first-order valence-electron chi connectivity index (χ1n) is 11.1. The lowest BCUT2D eigenvalue weighted by molar-refractivity contribution is 0.119. The minimum Gasteiger partial charge on any atom is -0.353 e. The molecule has 2 aromatic heterocycles. The lowest BCUT2D eigenvalue weighted by Gasteiger charge is -2.49. The van der Waals surface area contributed by atoms with Crippen molar-refractivity contribution >= 4 is 32.7 Å². The minimum atomic E-state index is -3.15. The van der Waals surface area contributed by atoms with Gasteiger partial charge in [0.1, 0.15) is 11.7 Å². The Kier molecular flexibility index (Phi) is 5.25. The number of aromatic nitrogens is 3. The quantitative estimate of drug-likeness (QED) is 0.724. The molecule has 9 nitrogen and oxygen atoms in total. The summed E-state index contributed by atoms with van der Waals surface area (Å²) in [5.41, 5.74) is 1.33. The minimum absolute atomic E-state index is 0.112. The third kappa shape index (κ3) is 3.90. The second-order valence-corrected chi connectivity index (χ2v) is 11.7. The third-order valence-corrected chi connectivity index (χ3v) is 8.27. The molecule has 5 rings (SSSR count). The van der Waals surface area contributed by atoms with Gasteiger partial charge in [-0.05, 0) is 32.9 Å². The van der Waals surface area contributed by atoms with Crippen LogP contribution in [0.3, 0.4) is 0 Å². The fourth-order valence-electron chi connectivity index (χ4n) is 5.29. The predicted octanol–water partition coefficient (Wildman–Crippen LogP) is 1.26. The Bertz CT molecular complexity index is 1130. The van der Waals surface area contributed by atoms with Crippen LogP contribution in [0.1, 0.15) is 18.5 Å². The Labute approximate surface area is 188 Å². The van der Waals surface area contributed by atoms with E-state index in [9.17, 15) is 12.8 Å². The Balaban J connectivity index is 1.35. The number of piperidine rings is 1. The van der Waals surface area contributed by atoms with Crippen LogP contribution in [0.2, 0.25) is 0 Å². The molecule has 2 aromatic rings. The van der Waals surface area contributed by atoms with Gasteiger partial charge in [0.15, 0.2) is 5.82 Å². The molecule has 0 unspecified atom stereocenters. The summed E-state index contributed by atoms with van der Waals surface area (Å²) in [5.74, 6) is 1.30. The highest BCUT2D eigenvalue weighted by Crippen LogP contribution is 2.44. The van der Waals surface area contributed by atoms with Crippen LogP contribution in [0.15, 0.2) is 12.3 Å². The predicted molar refractivity (Wildman–Crippen MR) is 122 cm³/mol. The maximum absolute atomic E-state index is 14.6. The summed E-state index contributed by atoms with van der Waals surface area (Å²) in [6.07, 6.45) is 3.63. The molecular weight excluding hydrogens is 433 g/mol. The molecule has 0 aliphatic carbocycles. The third-order valence-electron chi connectivity index (χ3n) is 6.96. The molecule has 1 spiro atoms. The second kappa shape index (κ2) is 7.74. The highest BCUT2D eigenvalue weighted by Gasteiger charge is 2.54. The van der Waals surface area contributed by atoms with Crippen molar-refractivity contribution in [3.63, 3.8) is 0 Å². The molecule has 11 heteroatoms. The zero-order valence-electron chi connectivity index (χ0n) is 18.8. The van der Waals surface area contributed by atoms with Crippen molar-refractivity contribution in [1.29, 1.82) is 0 Å². The molecule has 3 aliphatic heterocycles. The molecule has 3 fully saturated rings. The van der Waals surface area contributed by atoms with Crippen LogP contribution < -0.4 is 10.2 Å². The molecule has 0 amide bonds. The van der Waals surface area contributed by atoms with Crippen LogP contribution in [0.25, 0.3) is 10.9 Å². The number of hydrogen-bond donors (Lipinski definition) is 1. The fourth-order valence-corrected chi connectivity index (χ4v) is 6.16. The van der Waals surface area contributed by atoms with Crippen molar-refractivity contribution in [2.24, 2.45) is 5.41 Å². The number of hydrogen-bond acceptors (Lipinski definition) is 8. The number of sulfonamides is 1. The van der Waals surface area contributed by atoms with Crippen LogP contribution in [0.4, 0.5) is 16.2 Å². The zero-order chi connectivity index (χ0) is 22.7. The van der Waals surface area contributed by atoms with Crippen LogP contribution in [-0.2, 0) is 10.0 Å². The molecule has 3 saturated heterocycles. The zero-order valence-corrected chi connectivity index (χ0v) is 19.6. The van der Waals surface area contributed by atoms with Gasteiger partial charge in [0.05, 0.1) is 11.7 Å². The SMILES string of the molecule is Cc1cc2cnc(NC3CCN(S(C)(=O)=O)CC3)nc2c(N2CC3(CN(C)C[C@H]3F)C2)n1. The number of fused-ring (bicyclic) bond motifs is 1. The van der Waals surface area contributed by atoms with E-state index >= 15 is 0 Å². The van der Waals surface area contributed by atoms with Gasteiger partial charge in [-0.3, -0.25) is 0 Å². The van der Waals surface area contributed by atoms with Crippen molar-refractivity contribution in [3.05, 3.63) is 18.0 Å². The standard InChI is InChI=1S/C21H30FN7O2S/c1-14-8-15-9-23-20(25-16-4-6-29(7-5-16)32(3,30)31)26-18(15)19(24-14)28-12-21(13-28)11-27(2)10-17(21)22/h8-9,16-17H,4-7,10-13H2,1-3H3,(H,23,25,26)/t17-/m1/s1. The number of halogens is 1. The topological polar surface area (TPSA) is 94.6 Å². The summed E-state index contributed by atoms with van der Waals surface area (Å²) in [6, 6.07) is 2.07. The molecule has 5 heterocycles.